The van der Waals surface area contributed by atoms with Gasteiger partial charge in [-0.25, -0.2) is 0 Å². The second-order valence-corrected chi connectivity index (χ2v) is 7.26. The van der Waals surface area contributed by atoms with E-state index in [-0.39, 0.29) is 23.9 Å². The van der Waals surface area contributed by atoms with Gasteiger partial charge < -0.3 is 9.84 Å². The van der Waals surface area contributed by atoms with Gasteiger partial charge in [0.2, 0.25) is 0 Å². The lowest BCUT2D eigenvalue weighted by Gasteiger charge is -2.54. The highest BCUT2D eigenvalue weighted by atomic mass is 16.5. The number of Topliss-reactive ketones (excluding diaryl/α,β-unsaturated/α-hetero) is 1. The van der Waals surface area contributed by atoms with E-state index in [1.54, 1.807) is 0 Å². The van der Waals surface area contributed by atoms with Crippen LogP contribution in [0.3, 0.4) is 0 Å². The van der Waals surface area contributed by atoms with E-state index in [2.05, 4.69) is 13.8 Å². The third-order valence-electron chi connectivity index (χ3n) is 6.13. The molecule has 0 aromatic rings. The molecule has 102 valence electrons. The minimum atomic E-state index is -0.606. The number of hydrogen-bond acceptors (Lipinski definition) is 3. The van der Waals surface area contributed by atoms with E-state index in [1.807, 2.05) is 6.92 Å². The highest BCUT2D eigenvalue weighted by Gasteiger charge is 2.68. The van der Waals surface area contributed by atoms with Crippen LogP contribution in [0.25, 0.3) is 0 Å². The molecule has 0 aromatic heterocycles. The second kappa shape index (κ2) is 3.57. The fourth-order valence-corrected chi connectivity index (χ4v) is 4.48. The lowest BCUT2D eigenvalue weighted by atomic mass is 9.51. The zero-order chi connectivity index (χ0) is 13.2. The molecule has 1 N–H and O–H groups in total. The number of ether oxygens (including phenoxy) is 1. The van der Waals surface area contributed by atoms with Crippen LogP contribution in [-0.4, -0.2) is 29.2 Å². The Morgan fingerprint density at radius 3 is 2.72 bits per heavy atom. The molecular formula is C15H24O3. The number of carbonyl (C=O) groups excluding carboxylic acids is 1. The van der Waals surface area contributed by atoms with Crippen molar-refractivity contribution in [1.29, 1.82) is 0 Å². The van der Waals surface area contributed by atoms with E-state index >= 15 is 0 Å². The summed E-state index contributed by atoms with van der Waals surface area (Å²) in [6, 6.07) is 0. The zero-order valence-electron chi connectivity index (χ0n) is 11.7. The fraction of sp³-hybridized carbons (Fsp3) is 0.933. The van der Waals surface area contributed by atoms with E-state index in [9.17, 15) is 9.90 Å². The Morgan fingerprint density at radius 2 is 2.06 bits per heavy atom. The molecule has 2 bridgehead atoms. The van der Waals surface area contributed by atoms with E-state index in [0.717, 1.165) is 25.7 Å². The summed E-state index contributed by atoms with van der Waals surface area (Å²) in [6.07, 6.45) is 5.13. The molecule has 2 aliphatic carbocycles. The summed E-state index contributed by atoms with van der Waals surface area (Å²) < 4.78 is 6.23. The van der Waals surface area contributed by atoms with Gasteiger partial charge in [-0.1, -0.05) is 13.8 Å². The van der Waals surface area contributed by atoms with Gasteiger partial charge in [-0.2, -0.15) is 0 Å². The van der Waals surface area contributed by atoms with E-state index in [1.165, 1.54) is 6.42 Å². The molecule has 3 nitrogen and oxygen atoms in total. The fourth-order valence-electron chi connectivity index (χ4n) is 4.48. The lowest BCUT2D eigenvalue weighted by Crippen LogP contribution is -2.63. The van der Waals surface area contributed by atoms with Gasteiger partial charge in [0, 0.05) is 5.41 Å². The van der Waals surface area contributed by atoms with Crippen LogP contribution in [0.2, 0.25) is 0 Å². The SMILES string of the molecule is CC1OC23CC1CC[C@]2(C)CCC(C)(CO)C3=O. The van der Waals surface area contributed by atoms with E-state index < -0.39 is 11.0 Å². The normalized spacial score (nSPS) is 55.4. The molecule has 1 aliphatic heterocycles. The van der Waals surface area contributed by atoms with Crippen LogP contribution in [0.4, 0.5) is 0 Å². The Hall–Kier alpha value is -0.410. The van der Waals surface area contributed by atoms with Crippen LogP contribution in [0.15, 0.2) is 0 Å². The average molecular weight is 252 g/mol. The smallest absolute Gasteiger partial charge is 0.173 e. The highest BCUT2D eigenvalue weighted by Crippen LogP contribution is 2.62. The van der Waals surface area contributed by atoms with Crippen LogP contribution in [-0.2, 0) is 9.53 Å². The predicted molar refractivity (Wildman–Crippen MR) is 68.2 cm³/mol. The first-order valence-electron chi connectivity index (χ1n) is 7.21. The number of aliphatic hydroxyl groups is 1. The third kappa shape index (κ3) is 1.30. The van der Waals surface area contributed by atoms with Gasteiger partial charge in [-0.15, -0.1) is 0 Å². The maximum atomic E-state index is 13.0. The first kappa shape index (κ1) is 12.6. The van der Waals surface area contributed by atoms with Gasteiger partial charge in [0.1, 0.15) is 5.60 Å². The highest BCUT2D eigenvalue weighted by molar-refractivity contribution is 5.94. The summed E-state index contributed by atoms with van der Waals surface area (Å²) in [5, 5.41) is 9.61. The van der Waals surface area contributed by atoms with Crippen molar-refractivity contribution in [2.45, 2.75) is 64.6 Å². The number of aliphatic hydroxyl groups excluding tert-OH is 1. The number of hydrogen-bond donors (Lipinski definition) is 1. The Bertz CT molecular complexity index is 389. The Balaban J connectivity index is 2.06. The Labute approximate surface area is 109 Å². The van der Waals surface area contributed by atoms with Crippen LogP contribution in [0.1, 0.15) is 52.9 Å². The van der Waals surface area contributed by atoms with Gasteiger partial charge in [0.25, 0.3) is 0 Å². The number of ketones is 1. The molecule has 5 atom stereocenters. The molecule has 0 aromatic carbocycles. The van der Waals surface area contributed by atoms with Gasteiger partial charge in [-0.05, 0) is 44.9 Å². The molecule has 3 rings (SSSR count). The van der Waals surface area contributed by atoms with Gasteiger partial charge in [-0.3, -0.25) is 4.79 Å². The molecule has 18 heavy (non-hydrogen) atoms. The maximum absolute atomic E-state index is 13.0. The molecule has 1 saturated heterocycles. The van der Waals surface area contributed by atoms with E-state index in [4.69, 9.17) is 4.74 Å². The molecule has 1 heterocycles. The van der Waals surface area contributed by atoms with Crippen molar-refractivity contribution >= 4 is 5.78 Å². The Kier molecular flexibility index (Phi) is 2.50. The standard InChI is InChI=1S/C15H24O3/c1-10-11-4-5-14(3)7-6-13(2,9-16)12(17)15(14,8-11)18-10/h10-11,16H,4-9H2,1-3H3/t10?,11?,13?,14-,15?/m1/s1. The van der Waals surface area contributed by atoms with Crippen molar-refractivity contribution in [2.75, 3.05) is 6.61 Å². The quantitative estimate of drug-likeness (QED) is 0.779. The van der Waals surface area contributed by atoms with Gasteiger partial charge in [0.05, 0.1) is 18.1 Å². The summed E-state index contributed by atoms with van der Waals surface area (Å²) in [5.41, 5.74) is -1.21. The molecular weight excluding hydrogens is 228 g/mol. The molecule has 3 heteroatoms. The summed E-state index contributed by atoms with van der Waals surface area (Å²) in [7, 11) is 0. The second-order valence-electron chi connectivity index (χ2n) is 7.26. The average Bonchev–Trinajstić information content (AvgIpc) is 2.65. The summed E-state index contributed by atoms with van der Waals surface area (Å²) in [6.45, 7) is 6.17. The largest absolute Gasteiger partial charge is 0.395 e. The van der Waals surface area contributed by atoms with Gasteiger partial charge in [0.15, 0.2) is 5.78 Å². The van der Waals surface area contributed by atoms with Crippen LogP contribution >= 0.6 is 0 Å². The molecule has 0 amide bonds. The number of fused-ring (bicyclic) bond motifs is 1. The zero-order valence-corrected chi connectivity index (χ0v) is 11.7. The molecule has 3 aliphatic rings. The number of rotatable bonds is 1. The minimum absolute atomic E-state index is 0.0139. The Morgan fingerprint density at radius 1 is 1.33 bits per heavy atom. The summed E-state index contributed by atoms with van der Waals surface area (Å²) in [5.74, 6) is 0.698. The topological polar surface area (TPSA) is 46.5 Å². The van der Waals surface area contributed by atoms with Crippen molar-refractivity contribution in [1.82, 2.24) is 0 Å². The van der Waals surface area contributed by atoms with Gasteiger partial charge >= 0.3 is 0 Å². The summed E-state index contributed by atoms with van der Waals surface area (Å²) in [4.78, 5) is 13.0. The summed E-state index contributed by atoms with van der Waals surface area (Å²) >= 11 is 0. The maximum Gasteiger partial charge on any atom is 0.173 e. The van der Waals surface area contributed by atoms with Crippen molar-refractivity contribution in [3.05, 3.63) is 0 Å². The van der Waals surface area contributed by atoms with Crippen molar-refractivity contribution in [2.24, 2.45) is 16.7 Å². The first-order valence-corrected chi connectivity index (χ1v) is 7.21. The molecule has 0 radical (unpaired) electrons. The first-order chi connectivity index (χ1) is 8.37. The number of carbonyl (C=O) groups is 1. The predicted octanol–water partition coefficient (Wildman–Crippen LogP) is 2.31. The lowest BCUT2D eigenvalue weighted by molar-refractivity contribution is -0.187. The minimum Gasteiger partial charge on any atom is -0.395 e. The molecule has 1 spiro atoms. The molecule has 3 fully saturated rings. The van der Waals surface area contributed by atoms with Crippen molar-refractivity contribution < 1.29 is 14.6 Å². The van der Waals surface area contributed by atoms with Crippen LogP contribution in [0, 0.1) is 16.7 Å². The molecule has 4 unspecified atom stereocenters. The molecule has 2 saturated carbocycles. The monoisotopic (exact) mass is 252 g/mol. The van der Waals surface area contributed by atoms with Crippen molar-refractivity contribution in [3.63, 3.8) is 0 Å². The van der Waals surface area contributed by atoms with Crippen molar-refractivity contribution in [3.8, 4) is 0 Å². The van der Waals surface area contributed by atoms with E-state index in [0.29, 0.717) is 5.92 Å². The third-order valence-corrected chi connectivity index (χ3v) is 6.13. The van der Waals surface area contributed by atoms with Crippen LogP contribution < -0.4 is 0 Å². The van der Waals surface area contributed by atoms with Crippen LogP contribution in [0.5, 0.6) is 0 Å².